The predicted octanol–water partition coefficient (Wildman–Crippen LogP) is 2.50. The maximum absolute atomic E-state index is 12.0. The fourth-order valence-corrected chi connectivity index (χ4v) is 1.93. The van der Waals surface area contributed by atoms with Gasteiger partial charge in [0.15, 0.2) is 0 Å². The molecule has 1 aromatic heterocycles. The molecule has 0 fully saturated rings. The zero-order valence-electron chi connectivity index (χ0n) is 11.5. The van der Waals surface area contributed by atoms with Crippen LogP contribution in [-0.4, -0.2) is 10.9 Å². The van der Waals surface area contributed by atoms with E-state index in [1.54, 1.807) is 18.2 Å². The fourth-order valence-electron chi connectivity index (χ4n) is 1.93. The van der Waals surface area contributed by atoms with E-state index in [9.17, 15) is 4.79 Å². The minimum Gasteiger partial charge on any atom is -0.347 e. The summed E-state index contributed by atoms with van der Waals surface area (Å²) in [6.45, 7) is 4.50. The van der Waals surface area contributed by atoms with Crippen molar-refractivity contribution < 1.29 is 4.79 Å². The largest absolute Gasteiger partial charge is 0.347 e. The van der Waals surface area contributed by atoms with Crippen molar-refractivity contribution in [3.8, 4) is 6.07 Å². The van der Waals surface area contributed by atoms with E-state index >= 15 is 0 Å². The number of carbonyl (C=O) groups excluding carboxylic acids is 1. The highest BCUT2D eigenvalue weighted by Crippen LogP contribution is 2.10. The molecule has 4 nitrogen and oxygen atoms in total. The van der Waals surface area contributed by atoms with Crippen molar-refractivity contribution in [1.82, 2.24) is 10.3 Å². The molecular weight excluding hydrogens is 250 g/mol. The number of rotatable bonds is 3. The van der Waals surface area contributed by atoms with E-state index < -0.39 is 0 Å². The Morgan fingerprint density at radius 2 is 2.10 bits per heavy atom. The van der Waals surface area contributed by atoms with Gasteiger partial charge in [0, 0.05) is 6.54 Å². The molecule has 20 heavy (non-hydrogen) atoms. The summed E-state index contributed by atoms with van der Waals surface area (Å²) in [6.07, 6.45) is 0. The summed E-state index contributed by atoms with van der Waals surface area (Å²) in [7, 11) is 0. The summed E-state index contributed by atoms with van der Waals surface area (Å²) >= 11 is 0. The minimum atomic E-state index is -0.276. The Morgan fingerprint density at radius 1 is 1.30 bits per heavy atom. The van der Waals surface area contributed by atoms with E-state index in [1.165, 1.54) is 5.56 Å². The minimum absolute atomic E-state index is 0.240. The van der Waals surface area contributed by atoms with Crippen molar-refractivity contribution in [2.45, 2.75) is 20.4 Å². The molecule has 0 saturated carbocycles. The van der Waals surface area contributed by atoms with Gasteiger partial charge in [0.05, 0.1) is 0 Å². The third-order valence-corrected chi connectivity index (χ3v) is 3.03. The van der Waals surface area contributed by atoms with Gasteiger partial charge in [-0.3, -0.25) is 4.79 Å². The summed E-state index contributed by atoms with van der Waals surface area (Å²) in [5.74, 6) is -0.276. The molecule has 0 atom stereocenters. The lowest BCUT2D eigenvalue weighted by molar-refractivity contribution is 0.0946. The Labute approximate surface area is 118 Å². The number of aryl methyl sites for hydroxylation is 2. The first-order valence-corrected chi connectivity index (χ1v) is 6.31. The number of nitrogens with zero attached hydrogens (tertiary/aromatic N) is 2. The third kappa shape index (κ3) is 3.21. The third-order valence-electron chi connectivity index (χ3n) is 3.03. The van der Waals surface area contributed by atoms with Gasteiger partial charge in [-0.1, -0.05) is 29.8 Å². The number of carbonyl (C=O) groups is 1. The Balaban J connectivity index is 2.07. The van der Waals surface area contributed by atoms with E-state index in [2.05, 4.69) is 16.4 Å². The number of hydrogen-bond donors (Lipinski definition) is 1. The van der Waals surface area contributed by atoms with Gasteiger partial charge in [0.25, 0.3) is 5.91 Å². The second-order valence-electron chi connectivity index (χ2n) is 4.63. The lowest BCUT2D eigenvalue weighted by Gasteiger charge is -2.08. The Bertz CT molecular complexity index is 686. The van der Waals surface area contributed by atoms with Crippen LogP contribution < -0.4 is 5.32 Å². The lowest BCUT2D eigenvalue weighted by atomic mass is 10.1. The summed E-state index contributed by atoms with van der Waals surface area (Å²) in [5, 5.41) is 11.6. The highest BCUT2D eigenvalue weighted by molar-refractivity contribution is 5.92. The van der Waals surface area contributed by atoms with Gasteiger partial charge in [0.1, 0.15) is 17.5 Å². The Kier molecular flexibility index (Phi) is 4.11. The molecule has 0 aliphatic rings. The summed E-state index contributed by atoms with van der Waals surface area (Å²) in [4.78, 5) is 15.9. The van der Waals surface area contributed by atoms with Crippen molar-refractivity contribution in [3.05, 3.63) is 64.5 Å². The first kappa shape index (κ1) is 13.8. The summed E-state index contributed by atoms with van der Waals surface area (Å²) in [5.41, 5.74) is 3.91. The average molecular weight is 265 g/mol. The number of amides is 1. The molecule has 2 rings (SSSR count). The van der Waals surface area contributed by atoms with Crippen molar-refractivity contribution in [3.63, 3.8) is 0 Å². The van der Waals surface area contributed by atoms with E-state index in [0.717, 1.165) is 11.1 Å². The second-order valence-corrected chi connectivity index (χ2v) is 4.63. The maximum atomic E-state index is 12.0. The van der Waals surface area contributed by atoms with Crippen LogP contribution >= 0.6 is 0 Å². The molecule has 1 heterocycles. The topological polar surface area (TPSA) is 65.8 Å². The fraction of sp³-hybridized carbons (Fsp3) is 0.188. The van der Waals surface area contributed by atoms with Crippen molar-refractivity contribution >= 4 is 5.91 Å². The first-order chi connectivity index (χ1) is 9.60. The van der Waals surface area contributed by atoms with Gasteiger partial charge in [-0.25, -0.2) is 4.98 Å². The van der Waals surface area contributed by atoms with Crippen LogP contribution in [0.3, 0.4) is 0 Å². The number of nitrogens with one attached hydrogen (secondary N) is 1. The van der Waals surface area contributed by atoms with Crippen LogP contribution in [0.1, 0.15) is 32.9 Å². The van der Waals surface area contributed by atoms with Crippen LogP contribution in [-0.2, 0) is 6.54 Å². The molecule has 0 unspecified atom stereocenters. The molecule has 2 aromatic rings. The maximum Gasteiger partial charge on any atom is 0.270 e. The number of pyridine rings is 1. The van der Waals surface area contributed by atoms with Gasteiger partial charge in [-0.05, 0) is 37.1 Å². The molecule has 0 spiro atoms. The molecule has 0 saturated heterocycles. The smallest absolute Gasteiger partial charge is 0.270 e. The normalized spacial score (nSPS) is 9.85. The Morgan fingerprint density at radius 3 is 2.80 bits per heavy atom. The predicted molar refractivity (Wildman–Crippen MR) is 76.0 cm³/mol. The number of nitriles is 1. The van der Waals surface area contributed by atoms with Crippen molar-refractivity contribution in [2.75, 3.05) is 0 Å². The van der Waals surface area contributed by atoms with Gasteiger partial charge in [0.2, 0.25) is 0 Å². The van der Waals surface area contributed by atoms with E-state index in [0.29, 0.717) is 6.54 Å². The zero-order chi connectivity index (χ0) is 14.5. The lowest BCUT2D eigenvalue weighted by Crippen LogP contribution is -2.24. The van der Waals surface area contributed by atoms with Crippen molar-refractivity contribution in [1.29, 1.82) is 5.26 Å². The molecule has 0 aliphatic heterocycles. The summed E-state index contributed by atoms with van der Waals surface area (Å²) < 4.78 is 0. The highest BCUT2D eigenvalue weighted by atomic mass is 16.1. The van der Waals surface area contributed by atoms with Crippen LogP contribution in [0, 0.1) is 25.2 Å². The van der Waals surface area contributed by atoms with E-state index in [-0.39, 0.29) is 17.3 Å². The Hall–Kier alpha value is -2.67. The van der Waals surface area contributed by atoms with Crippen LogP contribution in [0.15, 0.2) is 36.4 Å². The van der Waals surface area contributed by atoms with Gasteiger partial charge in [-0.15, -0.1) is 0 Å². The molecule has 1 amide bonds. The molecular formula is C16H15N3O. The zero-order valence-corrected chi connectivity index (χ0v) is 11.5. The van der Waals surface area contributed by atoms with Crippen molar-refractivity contribution in [2.24, 2.45) is 0 Å². The van der Waals surface area contributed by atoms with Crippen LogP contribution in [0.4, 0.5) is 0 Å². The summed E-state index contributed by atoms with van der Waals surface area (Å²) in [6, 6.07) is 12.8. The quantitative estimate of drug-likeness (QED) is 0.927. The number of aromatic nitrogens is 1. The number of benzene rings is 1. The SMILES string of the molecule is Cc1ccc(CNC(=O)c2cccc(C#N)n2)c(C)c1. The molecule has 0 aliphatic carbocycles. The molecule has 0 radical (unpaired) electrons. The first-order valence-electron chi connectivity index (χ1n) is 6.31. The van der Waals surface area contributed by atoms with E-state index in [1.807, 2.05) is 32.0 Å². The number of hydrogen-bond acceptors (Lipinski definition) is 3. The van der Waals surface area contributed by atoms with Crippen LogP contribution in [0.5, 0.6) is 0 Å². The molecule has 0 bridgehead atoms. The van der Waals surface area contributed by atoms with Crippen LogP contribution in [0.2, 0.25) is 0 Å². The van der Waals surface area contributed by atoms with Crippen LogP contribution in [0.25, 0.3) is 0 Å². The molecule has 4 heteroatoms. The van der Waals surface area contributed by atoms with Gasteiger partial charge in [-0.2, -0.15) is 5.26 Å². The molecule has 1 N–H and O–H groups in total. The monoisotopic (exact) mass is 265 g/mol. The molecule has 1 aromatic carbocycles. The average Bonchev–Trinajstić information content (AvgIpc) is 2.46. The molecule has 100 valence electrons. The van der Waals surface area contributed by atoms with Gasteiger partial charge < -0.3 is 5.32 Å². The second kappa shape index (κ2) is 5.98. The van der Waals surface area contributed by atoms with E-state index in [4.69, 9.17) is 5.26 Å². The highest BCUT2D eigenvalue weighted by Gasteiger charge is 2.08. The van der Waals surface area contributed by atoms with Gasteiger partial charge >= 0.3 is 0 Å². The standard InChI is InChI=1S/C16H15N3O/c1-11-6-7-13(12(2)8-11)10-18-16(20)15-5-3-4-14(9-17)19-15/h3-8H,10H2,1-2H3,(H,18,20).